The first kappa shape index (κ1) is 29.8. The number of nitrogens with one attached hydrogen (secondary N) is 3. The number of likely N-dealkylation sites (tertiary alicyclic amines) is 1. The molecule has 0 aromatic carbocycles. The molecular weight excluding hydrogens is 464 g/mol. The number of aliphatic hydroxyl groups excluding tert-OH is 1. The molecule has 1 saturated heterocycles. The summed E-state index contributed by atoms with van der Waals surface area (Å²) in [6.45, 7) is 6.12. The molecule has 0 aromatic rings. The molecule has 0 spiro atoms. The minimum absolute atomic E-state index is 0.257. The van der Waals surface area contributed by atoms with Crippen molar-refractivity contribution in [2.75, 3.05) is 6.54 Å². The van der Waals surface area contributed by atoms with Crippen LogP contribution in [0.5, 0.6) is 0 Å². The van der Waals surface area contributed by atoms with Gasteiger partial charge in [-0.2, -0.15) is 0 Å². The highest BCUT2D eigenvalue weighted by Crippen LogP contribution is 2.19. The van der Waals surface area contributed by atoms with Gasteiger partial charge in [0.2, 0.25) is 29.5 Å². The second-order valence-electron chi connectivity index (χ2n) is 8.99. The second kappa shape index (κ2) is 13.0. The van der Waals surface area contributed by atoms with E-state index in [0.29, 0.717) is 12.8 Å². The Hall–Kier alpha value is -3.26. The zero-order valence-corrected chi connectivity index (χ0v) is 20.3. The van der Waals surface area contributed by atoms with Gasteiger partial charge < -0.3 is 42.5 Å². The molecule has 0 bridgehead atoms. The molecule has 1 rings (SSSR count). The van der Waals surface area contributed by atoms with E-state index in [9.17, 15) is 33.9 Å². The van der Waals surface area contributed by atoms with Crippen molar-refractivity contribution in [2.45, 2.75) is 83.3 Å². The van der Waals surface area contributed by atoms with Crippen LogP contribution in [-0.4, -0.2) is 93.5 Å². The number of rotatable bonds is 12. The van der Waals surface area contributed by atoms with Gasteiger partial charge >= 0.3 is 5.97 Å². The number of carbonyl (C=O) groups excluding carboxylic acids is 5. The van der Waals surface area contributed by atoms with Gasteiger partial charge in [-0.05, 0) is 32.6 Å². The van der Waals surface area contributed by atoms with E-state index in [0.717, 1.165) is 0 Å². The Balaban J connectivity index is 2.85. The molecule has 9 N–H and O–H groups in total. The summed E-state index contributed by atoms with van der Waals surface area (Å²) in [5, 5.41) is 25.8. The summed E-state index contributed by atoms with van der Waals surface area (Å²) in [5.74, 6) is -5.30. The summed E-state index contributed by atoms with van der Waals surface area (Å²) in [7, 11) is 0. The smallest absolute Gasteiger partial charge is 0.328 e. The number of aliphatic hydroxyl groups is 1. The molecule has 0 unspecified atom stereocenters. The summed E-state index contributed by atoms with van der Waals surface area (Å²) in [4.78, 5) is 74.2. The second-order valence-corrected chi connectivity index (χ2v) is 8.99. The average molecular weight is 501 g/mol. The minimum Gasteiger partial charge on any atom is -0.480 e. The molecule has 0 saturated carbocycles. The van der Waals surface area contributed by atoms with E-state index in [-0.39, 0.29) is 13.0 Å². The predicted octanol–water partition coefficient (Wildman–Crippen LogP) is -3.22. The van der Waals surface area contributed by atoms with Gasteiger partial charge in [0.15, 0.2) is 6.04 Å². The lowest BCUT2D eigenvalue weighted by atomic mass is 10.0. The number of amides is 5. The van der Waals surface area contributed by atoms with Gasteiger partial charge in [-0.1, -0.05) is 13.8 Å². The number of nitrogens with zero attached hydrogens (tertiary/aromatic N) is 1. The number of carboxylic acid groups (broad SMARTS) is 1. The lowest BCUT2D eigenvalue weighted by Crippen LogP contribution is -2.59. The van der Waals surface area contributed by atoms with Crippen molar-refractivity contribution in [1.29, 1.82) is 0 Å². The van der Waals surface area contributed by atoms with Crippen LogP contribution in [0.1, 0.15) is 47.0 Å². The molecule has 6 atom stereocenters. The summed E-state index contributed by atoms with van der Waals surface area (Å²) in [5.41, 5.74) is 10.8. The Morgan fingerprint density at radius 2 is 1.57 bits per heavy atom. The molecule has 14 nitrogen and oxygen atoms in total. The Morgan fingerprint density at radius 3 is 2.06 bits per heavy atom. The zero-order chi connectivity index (χ0) is 27.0. The highest BCUT2D eigenvalue weighted by atomic mass is 16.4. The van der Waals surface area contributed by atoms with Gasteiger partial charge in [0.25, 0.3) is 0 Å². The summed E-state index contributed by atoms with van der Waals surface area (Å²) in [6.07, 6.45) is -0.868. The normalized spacial score (nSPS) is 19.7. The first-order valence-corrected chi connectivity index (χ1v) is 11.3. The maximum Gasteiger partial charge on any atom is 0.328 e. The van der Waals surface area contributed by atoms with Crippen LogP contribution < -0.4 is 27.4 Å². The zero-order valence-electron chi connectivity index (χ0n) is 20.3. The van der Waals surface area contributed by atoms with E-state index >= 15 is 0 Å². The van der Waals surface area contributed by atoms with Crippen molar-refractivity contribution >= 4 is 35.5 Å². The van der Waals surface area contributed by atoms with Crippen LogP contribution in [0.2, 0.25) is 0 Å². The number of carbonyl (C=O) groups is 6. The highest BCUT2D eigenvalue weighted by molar-refractivity contribution is 5.96. The summed E-state index contributed by atoms with van der Waals surface area (Å²) < 4.78 is 0. The van der Waals surface area contributed by atoms with Gasteiger partial charge in [-0.25, -0.2) is 4.79 Å². The molecule has 1 heterocycles. The molecule has 0 radical (unpaired) electrons. The van der Waals surface area contributed by atoms with Gasteiger partial charge in [-0.15, -0.1) is 0 Å². The van der Waals surface area contributed by atoms with Crippen molar-refractivity contribution < 1.29 is 39.0 Å². The van der Waals surface area contributed by atoms with Crippen LogP contribution in [0.4, 0.5) is 0 Å². The topological polar surface area (TPSA) is 234 Å². The van der Waals surface area contributed by atoms with Crippen LogP contribution in [-0.2, 0) is 28.8 Å². The number of hydrogen-bond donors (Lipinski definition) is 7. The van der Waals surface area contributed by atoms with Gasteiger partial charge in [0, 0.05) is 6.54 Å². The monoisotopic (exact) mass is 500 g/mol. The Labute approximate surface area is 203 Å². The Kier molecular flexibility index (Phi) is 11.1. The molecule has 1 aliphatic heterocycles. The van der Waals surface area contributed by atoms with Crippen LogP contribution in [0, 0.1) is 5.92 Å². The van der Waals surface area contributed by atoms with E-state index in [2.05, 4.69) is 16.0 Å². The molecule has 35 heavy (non-hydrogen) atoms. The Bertz CT molecular complexity index is 833. The van der Waals surface area contributed by atoms with E-state index in [1.54, 1.807) is 13.8 Å². The number of nitrogens with two attached hydrogens (primary N) is 2. The average Bonchev–Trinajstić information content (AvgIpc) is 3.23. The lowest BCUT2D eigenvalue weighted by molar-refractivity contribution is -0.145. The Morgan fingerprint density at radius 1 is 0.971 bits per heavy atom. The summed E-state index contributed by atoms with van der Waals surface area (Å²) in [6, 6.07) is -5.87. The fourth-order valence-electron chi connectivity index (χ4n) is 3.64. The first-order chi connectivity index (χ1) is 16.2. The number of primary amides is 1. The van der Waals surface area contributed by atoms with Crippen molar-refractivity contribution in [2.24, 2.45) is 17.4 Å². The van der Waals surface area contributed by atoms with E-state index in [1.165, 1.54) is 18.7 Å². The third-order valence-electron chi connectivity index (χ3n) is 5.62. The maximum atomic E-state index is 12.9. The molecule has 198 valence electrons. The van der Waals surface area contributed by atoms with Crippen LogP contribution in [0.25, 0.3) is 0 Å². The fraction of sp³-hybridized carbons (Fsp3) is 0.714. The molecule has 0 aliphatic carbocycles. The largest absolute Gasteiger partial charge is 0.480 e. The number of carboxylic acids is 1. The quantitative estimate of drug-likeness (QED) is 0.142. The SMILES string of the molecule is CC(C)[C@H](NC(=O)[C@@H]1CCCN1C(=O)[C@@H](N)CC(N)=O)C(=O)N[C@@H](C)C(=O)N[C@H](C(=O)O)[C@@H](C)O. The lowest BCUT2D eigenvalue weighted by Gasteiger charge is -2.29. The van der Waals surface area contributed by atoms with Crippen molar-refractivity contribution in [3.63, 3.8) is 0 Å². The van der Waals surface area contributed by atoms with Crippen LogP contribution in [0.15, 0.2) is 0 Å². The van der Waals surface area contributed by atoms with Gasteiger partial charge in [-0.3, -0.25) is 24.0 Å². The standard InChI is InChI=1S/C21H36N6O8/c1-9(2)15(19(32)24-10(3)17(30)26-16(11(4)28)21(34)35)25-18(31)13-6-5-7-27(13)20(33)12(22)8-14(23)29/h9-13,15-16,28H,5-8,22H2,1-4H3,(H2,23,29)(H,24,32)(H,25,31)(H,26,30)(H,34,35)/t10-,11+,12-,13-,15-,16-/m0/s1. The molecular formula is C21H36N6O8. The third-order valence-corrected chi connectivity index (χ3v) is 5.62. The third kappa shape index (κ3) is 8.47. The molecule has 1 aliphatic rings. The number of hydrogen-bond acceptors (Lipinski definition) is 8. The van der Waals surface area contributed by atoms with Crippen molar-refractivity contribution in [1.82, 2.24) is 20.9 Å². The molecule has 1 fully saturated rings. The maximum absolute atomic E-state index is 12.9. The van der Waals surface area contributed by atoms with Crippen molar-refractivity contribution in [3.8, 4) is 0 Å². The molecule has 0 aromatic heterocycles. The van der Waals surface area contributed by atoms with E-state index < -0.39 is 77.7 Å². The molecule has 5 amide bonds. The molecule has 14 heteroatoms. The van der Waals surface area contributed by atoms with Gasteiger partial charge in [0.1, 0.15) is 18.1 Å². The van der Waals surface area contributed by atoms with Gasteiger partial charge in [0.05, 0.1) is 18.6 Å². The minimum atomic E-state index is -1.56. The number of aliphatic carboxylic acids is 1. The highest BCUT2D eigenvalue weighted by Gasteiger charge is 2.38. The van der Waals surface area contributed by atoms with Crippen LogP contribution >= 0.6 is 0 Å². The van der Waals surface area contributed by atoms with E-state index in [4.69, 9.17) is 16.6 Å². The first-order valence-electron chi connectivity index (χ1n) is 11.3. The van der Waals surface area contributed by atoms with E-state index in [1.807, 2.05) is 0 Å². The van der Waals surface area contributed by atoms with Crippen molar-refractivity contribution in [3.05, 3.63) is 0 Å². The fourth-order valence-corrected chi connectivity index (χ4v) is 3.64. The predicted molar refractivity (Wildman–Crippen MR) is 122 cm³/mol. The van der Waals surface area contributed by atoms with Crippen LogP contribution in [0.3, 0.4) is 0 Å². The summed E-state index contributed by atoms with van der Waals surface area (Å²) >= 11 is 0.